The van der Waals surface area contributed by atoms with E-state index in [1.807, 2.05) is 0 Å². The molecule has 0 aliphatic carbocycles. The highest BCUT2D eigenvalue weighted by Gasteiger charge is 2.30. The number of nitrogens with one attached hydrogen (secondary N) is 1. The number of H-pyrrole nitrogens is 1. The summed E-state index contributed by atoms with van der Waals surface area (Å²) >= 11 is 0. The zero-order valence-electron chi connectivity index (χ0n) is 14.0. The Hall–Kier alpha value is -2.33. The zero-order valence-corrected chi connectivity index (χ0v) is 14.8. The van der Waals surface area contributed by atoms with Crippen LogP contribution < -0.4 is 5.84 Å². The summed E-state index contributed by atoms with van der Waals surface area (Å²) in [5.41, 5.74) is 1.06. The summed E-state index contributed by atoms with van der Waals surface area (Å²) < 4.78 is 41.3. The lowest BCUT2D eigenvalue weighted by Crippen LogP contribution is -2.28. The minimum absolute atomic E-state index is 0.0556. The van der Waals surface area contributed by atoms with E-state index in [1.165, 1.54) is 23.5 Å². The van der Waals surface area contributed by atoms with E-state index in [1.54, 1.807) is 6.92 Å². The minimum Gasteiger partial charge on any atom is -0.342 e. The maximum absolute atomic E-state index is 14.4. The Morgan fingerprint density at radius 1 is 1.32 bits per heavy atom. The number of nitrogens with two attached hydrogens (primary N) is 1. The number of nitrogens with zero attached hydrogens (tertiary/aromatic N) is 4. The predicted molar refractivity (Wildman–Crippen MR) is 92.5 cm³/mol. The summed E-state index contributed by atoms with van der Waals surface area (Å²) in [5.74, 6) is 4.94. The minimum atomic E-state index is -3.71. The number of azo groups is 1. The van der Waals surface area contributed by atoms with E-state index >= 15 is 0 Å². The Balaban J connectivity index is 2.25. The number of hydrazone groups is 1. The van der Waals surface area contributed by atoms with Gasteiger partial charge in [-0.25, -0.2) is 12.8 Å². The summed E-state index contributed by atoms with van der Waals surface area (Å²) in [7, 11) is -2.25. The van der Waals surface area contributed by atoms with E-state index in [0.717, 1.165) is 12.8 Å². The summed E-state index contributed by atoms with van der Waals surface area (Å²) in [6.07, 6.45) is 1.64. The number of hydrogen-bond acceptors (Lipinski definition) is 5. The molecule has 134 valence electrons. The molecule has 25 heavy (non-hydrogen) atoms. The molecule has 0 spiro atoms. The second-order valence-corrected chi connectivity index (χ2v) is 7.74. The molecule has 1 aromatic carbocycles. The van der Waals surface area contributed by atoms with Gasteiger partial charge in [-0.1, -0.05) is 0 Å². The number of hydrogen-bond donors (Lipinski definition) is 2. The summed E-state index contributed by atoms with van der Waals surface area (Å²) in [6.45, 7) is 2.60. The molecular formula is C15H19FN6O2S. The number of aryl methyl sites for hydroxylation is 1. The molecule has 0 amide bonds. The number of amidine groups is 1. The molecule has 3 N–H and O–H groups in total. The van der Waals surface area contributed by atoms with E-state index in [4.69, 9.17) is 5.84 Å². The first-order valence-corrected chi connectivity index (χ1v) is 9.24. The third-order valence-electron chi connectivity index (χ3n) is 4.26. The highest BCUT2D eigenvalue weighted by molar-refractivity contribution is 7.89. The molecule has 10 heteroatoms. The summed E-state index contributed by atoms with van der Waals surface area (Å²) in [4.78, 5) is 2.70. The van der Waals surface area contributed by atoms with Crippen molar-refractivity contribution in [2.24, 2.45) is 21.2 Å². The first kappa shape index (κ1) is 17.5. The average Bonchev–Trinajstić information content (AvgIpc) is 3.24. The number of sulfonamides is 1. The molecule has 8 nitrogen and oxygen atoms in total. The monoisotopic (exact) mass is 366 g/mol. The van der Waals surface area contributed by atoms with Gasteiger partial charge in [-0.05, 0) is 37.5 Å². The number of benzene rings is 1. The van der Waals surface area contributed by atoms with Crippen LogP contribution in [0.2, 0.25) is 0 Å². The molecule has 0 saturated carbocycles. The Kier molecular flexibility index (Phi) is 4.56. The quantitative estimate of drug-likeness (QED) is 0.285. The van der Waals surface area contributed by atoms with Crippen LogP contribution >= 0.6 is 0 Å². The standard InChI is InChI=1S/C15H19FN6O2S/c1-9-7-11(16)14-10(13(9)15(20-17)21-18-2)8-12(19-14)25(23,24)22-5-3-4-6-22/h7-8,19H,3-6,17H2,1-2H3/b20-15-,21-18?. The average molecular weight is 366 g/mol. The lowest BCUT2D eigenvalue weighted by molar-refractivity contribution is 0.475. The first-order valence-electron chi connectivity index (χ1n) is 7.80. The van der Waals surface area contributed by atoms with Crippen molar-refractivity contribution in [3.63, 3.8) is 0 Å². The molecule has 1 saturated heterocycles. The van der Waals surface area contributed by atoms with Gasteiger partial charge in [0.15, 0.2) is 0 Å². The van der Waals surface area contributed by atoms with Crippen molar-refractivity contribution < 1.29 is 12.8 Å². The zero-order chi connectivity index (χ0) is 18.2. The molecule has 1 aliphatic rings. The summed E-state index contributed by atoms with van der Waals surface area (Å²) in [5, 5.41) is 11.4. The van der Waals surface area contributed by atoms with Gasteiger partial charge in [0, 0.05) is 31.1 Å². The van der Waals surface area contributed by atoms with Crippen molar-refractivity contribution in [2.45, 2.75) is 24.8 Å². The Labute approximate surface area is 144 Å². The van der Waals surface area contributed by atoms with Gasteiger partial charge in [-0.15, -0.1) is 5.11 Å². The Bertz CT molecular complexity index is 974. The number of aromatic amines is 1. The molecule has 0 unspecified atom stereocenters. The smallest absolute Gasteiger partial charge is 0.258 e. The Morgan fingerprint density at radius 3 is 2.60 bits per heavy atom. The largest absolute Gasteiger partial charge is 0.342 e. The van der Waals surface area contributed by atoms with Crippen molar-refractivity contribution in [3.05, 3.63) is 29.1 Å². The van der Waals surface area contributed by atoms with Gasteiger partial charge in [0.2, 0.25) is 5.84 Å². The highest BCUT2D eigenvalue weighted by atomic mass is 32.2. The van der Waals surface area contributed by atoms with Gasteiger partial charge in [-0.2, -0.15) is 14.5 Å². The molecular weight excluding hydrogens is 347 g/mol. The maximum atomic E-state index is 14.4. The second-order valence-electron chi connectivity index (χ2n) is 5.84. The van der Waals surface area contributed by atoms with Crippen LogP contribution in [0.25, 0.3) is 10.9 Å². The van der Waals surface area contributed by atoms with E-state index in [9.17, 15) is 12.8 Å². The molecule has 1 aliphatic heterocycles. The Morgan fingerprint density at radius 2 is 2.00 bits per heavy atom. The third kappa shape index (κ3) is 2.91. The summed E-state index contributed by atoms with van der Waals surface area (Å²) in [6, 6.07) is 2.70. The number of fused-ring (bicyclic) bond motifs is 1. The van der Waals surface area contributed by atoms with Crippen molar-refractivity contribution in [1.82, 2.24) is 9.29 Å². The van der Waals surface area contributed by atoms with Crippen LogP contribution in [0, 0.1) is 12.7 Å². The number of aromatic nitrogens is 1. The highest BCUT2D eigenvalue weighted by Crippen LogP contribution is 2.30. The van der Waals surface area contributed by atoms with Gasteiger partial charge in [0.25, 0.3) is 10.0 Å². The molecule has 3 rings (SSSR count). The molecule has 0 atom stereocenters. The van der Waals surface area contributed by atoms with Crippen molar-refractivity contribution in [2.75, 3.05) is 20.1 Å². The molecule has 2 aromatic rings. The van der Waals surface area contributed by atoms with Crippen LogP contribution in [0.1, 0.15) is 24.0 Å². The van der Waals surface area contributed by atoms with Gasteiger partial charge in [0.1, 0.15) is 10.8 Å². The predicted octanol–water partition coefficient (Wildman–Crippen LogP) is 2.10. The van der Waals surface area contributed by atoms with Gasteiger partial charge in [0.05, 0.1) is 5.52 Å². The van der Waals surface area contributed by atoms with Gasteiger partial charge >= 0.3 is 0 Å². The lowest BCUT2D eigenvalue weighted by atomic mass is 10.0. The topological polar surface area (TPSA) is 116 Å². The van der Waals surface area contributed by atoms with Crippen LogP contribution in [0.15, 0.2) is 32.5 Å². The van der Waals surface area contributed by atoms with Gasteiger partial charge in [-0.3, -0.25) is 0 Å². The van der Waals surface area contributed by atoms with E-state index in [0.29, 0.717) is 29.6 Å². The SMILES string of the molecule is CN=N/C(=N\N)c1c(C)cc(F)c2[nH]c(S(=O)(=O)N3CCCC3)cc12. The molecule has 0 bridgehead atoms. The number of rotatable bonds is 3. The third-order valence-corrected chi connectivity index (χ3v) is 6.08. The normalized spacial score (nSPS) is 17.2. The van der Waals surface area contributed by atoms with Crippen molar-refractivity contribution in [3.8, 4) is 0 Å². The molecule has 1 fully saturated rings. The second kappa shape index (κ2) is 6.52. The maximum Gasteiger partial charge on any atom is 0.258 e. The number of halogens is 1. The van der Waals surface area contributed by atoms with Crippen molar-refractivity contribution in [1.29, 1.82) is 0 Å². The van der Waals surface area contributed by atoms with Crippen molar-refractivity contribution >= 4 is 26.8 Å². The molecule has 2 heterocycles. The van der Waals surface area contributed by atoms with Crippen LogP contribution in [0.3, 0.4) is 0 Å². The fourth-order valence-electron chi connectivity index (χ4n) is 3.10. The van der Waals surface area contributed by atoms with E-state index in [-0.39, 0.29) is 16.4 Å². The van der Waals surface area contributed by atoms with E-state index < -0.39 is 15.8 Å². The fourth-order valence-corrected chi connectivity index (χ4v) is 4.62. The molecule has 1 aromatic heterocycles. The van der Waals surface area contributed by atoms with E-state index in [2.05, 4.69) is 20.3 Å². The molecule has 0 radical (unpaired) electrons. The van der Waals surface area contributed by atoms with Crippen LogP contribution in [-0.2, 0) is 10.0 Å². The van der Waals surface area contributed by atoms with Crippen LogP contribution in [-0.4, -0.2) is 43.7 Å². The van der Waals surface area contributed by atoms with Crippen LogP contribution in [0.5, 0.6) is 0 Å². The first-order chi connectivity index (χ1) is 11.9. The van der Waals surface area contributed by atoms with Crippen LogP contribution in [0.4, 0.5) is 4.39 Å². The lowest BCUT2D eigenvalue weighted by Gasteiger charge is -2.13. The van der Waals surface area contributed by atoms with Gasteiger partial charge < -0.3 is 10.8 Å². The fraction of sp³-hybridized carbons (Fsp3) is 0.400.